The lowest BCUT2D eigenvalue weighted by atomic mass is 10.0. The molecule has 4 rings (SSSR count). The van der Waals surface area contributed by atoms with Crippen LogP contribution in [0.2, 0.25) is 0 Å². The maximum atomic E-state index is 12.9. The largest absolute Gasteiger partial charge is 0.457 e. The van der Waals surface area contributed by atoms with Gasteiger partial charge in [-0.25, -0.2) is 18.0 Å². The molecule has 0 aliphatic rings. The van der Waals surface area contributed by atoms with Gasteiger partial charge in [-0.2, -0.15) is 0 Å². The zero-order valence-electron chi connectivity index (χ0n) is 19.8. The Morgan fingerprint density at radius 1 is 0.943 bits per heavy atom. The van der Waals surface area contributed by atoms with E-state index in [1.807, 2.05) is 39.0 Å². The van der Waals surface area contributed by atoms with Crippen molar-refractivity contribution in [3.8, 4) is 0 Å². The second-order valence-electron chi connectivity index (χ2n) is 8.50. The van der Waals surface area contributed by atoms with Crippen molar-refractivity contribution in [1.29, 1.82) is 0 Å². The first-order chi connectivity index (χ1) is 16.5. The third kappa shape index (κ3) is 5.12. The zero-order valence-corrected chi connectivity index (χ0v) is 20.7. The number of hydrogen-bond acceptors (Lipinski definition) is 6. The molecule has 4 aromatic rings. The van der Waals surface area contributed by atoms with Gasteiger partial charge in [0.25, 0.3) is 10.0 Å². The Balaban J connectivity index is 1.60. The molecule has 0 aliphatic carbocycles. The van der Waals surface area contributed by atoms with Crippen LogP contribution in [0.15, 0.2) is 74.8 Å². The quantitative estimate of drug-likeness (QED) is 0.294. The summed E-state index contributed by atoms with van der Waals surface area (Å²) < 4.78 is 39.2. The fraction of sp³-hybridized carbons (Fsp3) is 0.185. The molecule has 0 saturated carbocycles. The van der Waals surface area contributed by atoms with Crippen LogP contribution in [0, 0.1) is 27.7 Å². The molecular formula is C27H25NO6S. The van der Waals surface area contributed by atoms with Crippen molar-refractivity contribution in [2.24, 2.45) is 0 Å². The zero-order chi connectivity index (χ0) is 25.3. The van der Waals surface area contributed by atoms with E-state index in [0.717, 1.165) is 16.7 Å². The van der Waals surface area contributed by atoms with Gasteiger partial charge in [0.15, 0.2) is 0 Å². The van der Waals surface area contributed by atoms with Crippen LogP contribution in [-0.2, 0) is 21.4 Å². The van der Waals surface area contributed by atoms with E-state index in [9.17, 15) is 18.0 Å². The molecule has 35 heavy (non-hydrogen) atoms. The number of sulfonamides is 1. The Kier molecular flexibility index (Phi) is 6.49. The number of rotatable bonds is 6. The summed E-state index contributed by atoms with van der Waals surface area (Å²) in [6.45, 7) is 7.16. The molecule has 8 heteroatoms. The van der Waals surface area contributed by atoms with Gasteiger partial charge in [-0.15, -0.1) is 0 Å². The lowest BCUT2D eigenvalue weighted by molar-refractivity contribution is 0.0472. The summed E-state index contributed by atoms with van der Waals surface area (Å²) in [6.07, 6.45) is 0. The summed E-state index contributed by atoms with van der Waals surface area (Å²) in [5.41, 5.74) is 4.26. The molecule has 0 radical (unpaired) electrons. The minimum atomic E-state index is -3.92. The summed E-state index contributed by atoms with van der Waals surface area (Å²) in [4.78, 5) is 24.9. The predicted molar refractivity (Wildman–Crippen MR) is 134 cm³/mol. The third-order valence-corrected chi connectivity index (χ3v) is 7.26. The Morgan fingerprint density at radius 2 is 1.69 bits per heavy atom. The number of esters is 1. The standard InChI is InChI=1S/C27H25NO6S/c1-16-6-5-7-21(12-16)28-35(31,32)22-10-8-18(3)24(14-22)27(30)33-15-20-13-25(29)34-26-19(4)17(2)9-11-23(20)26/h5-14,28H,15H2,1-4H3. The van der Waals surface area contributed by atoms with Crippen molar-refractivity contribution in [1.82, 2.24) is 0 Å². The number of carbonyl (C=O) groups excluding carboxylic acids is 1. The van der Waals surface area contributed by atoms with Crippen LogP contribution in [-0.4, -0.2) is 14.4 Å². The van der Waals surface area contributed by atoms with E-state index in [0.29, 0.717) is 27.8 Å². The Labute approximate surface area is 203 Å². The van der Waals surface area contributed by atoms with E-state index in [1.54, 1.807) is 31.2 Å². The van der Waals surface area contributed by atoms with E-state index < -0.39 is 21.6 Å². The number of aryl methyl sites for hydroxylation is 4. The summed E-state index contributed by atoms with van der Waals surface area (Å²) in [6, 6.07) is 16.3. The minimum Gasteiger partial charge on any atom is -0.457 e. The topological polar surface area (TPSA) is 103 Å². The molecule has 1 N–H and O–H groups in total. The fourth-order valence-electron chi connectivity index (χ4n) is 3.78. The highest BCUT2D eigenvalue weighted by Gasteiger charge is 2.20. The van der Waals surface area contributed by atoms with Crippen LogP contribution < -0.4 is 10.3 Å². The number of ether oxygens (including phenoxy) is 1. The molecule has 3 aromatic carbocycles. The van der Waals surface area contributed by atoms with Crippen LogP contribution in [0.5, 0.6) is 0 Å². The summed E-state index contributed by atoms with van der Waals surface area (Å²) in [5.74, 6) is -0.694. The molecule has 0 atom stereocenters. The number of anilines is 1. The summed E-state index contributed by atoms with van der Waals surface area (Å²) in [5, 5.41) is 0.677. The first-order valence-corrected chi connectivity index (χ1v) is 12.4. The molecule has 0 unspecified atom stereocenters. The van der Waals surface area contributed by atoms with Crippen molar-refractivity contribution >= 4 is 32.6 Å². The lowest BCUT2D eigenvalue weighted by Gasteiger charge is -2.13. The second-order valence-corrected chi connectivity index (χ2v) is 10.2. The smallest absolute Gasteiger partial charge is 0.338 e. The number of carbonyl (C=O) groups is 1. The highest BCUT2D eigenvalue weighted by atomic mass is 32.2. The van der Waals surface area contributed by atoms with Gasteiger partial charge < -0.3 is 9.15 Å². The van der Waals surface area contributed by atoms with Gasteiger partial charge in [0, 0.05) is 22.7 Å². The maximum absolute atomic E-state index is 12.9. The summed E-state index contributed by atoms with van der Waals surface area (Å²) >= 11 is 0. The van der Waals surface area contributed by atoms with Crippen LogP contribution >= 0.6 is 0 Å². The monoisotopic (exact) mass is 491 g/mol. The first kappa shape index (κ1) is 24.2. The fourth-order valence-corrected chi connectivity index (χ4v) is 4.85. The molecule has 0 aliphatic heterocycles. The summed E-state index contributed by atoms with van der Waals surface area (Å²) in [7, 11) is -3.92. The van der Waals surface area contributed by atoms with Crippen molar-refractivity contribution < 1.29 is 22.4 Å². The second kappa shape index (κ2) is 9.38. The first-order valence-electron chi connectivity index (χ1n) is 11.0. The molecule has 7 nitrogen and oxygen atoms in total. The van der Waals surface area contributed by atoms with Crippen molar-refractivity contribution in [2.45, 2.75) is 39.2 Å². The minimum absolute atomic E-state index is 0.0616. The molecular weight excluding hydrogens is 466 g/mol. The average molecular weight is 492 g/mol. The van der Waals surface area contributed by atoms with E-state index >= 15 is 0 Å². The van der Waals surface area contributed by atoms with E-state index in [4.69, 9.17) is 9.15 Å². The van der Waals surface area contributed by atoms with Gasteiger partial charge in [-0.05, 0) is 74.2 Å². The predicted octanol–water partition coefficient (Wildman–Crippen LogP) is 5.18. The van der Waals surface area contributed by atoms with Gasteiger partial charge in [-0.1, -0.05) is 30.3 Å². The van der Waals surface area contributed by atoms with E-state index in [-0.39, 0.29) is 17.1 Å². The van der Waals surface area contributed by atoms with Gasteiger partial charge in [0.1, 0.15) is 12.2 Å². The average Bonchev–Trinajstić information content (AvgIpc) is 2.80. The number of hydrogen-bond donors (Lipinski definition) is 1. The Morgan fingerprint density at radius 3 is 2.43 bits per heavy atom. The van der Waals surface area contributed by atoms with Crippen LogP contribution in [0.25, 0.3) is 11.0 Å². The molecule has 1 aromatic heterocycles. The normalized spacial score (nSPS) is 11.4. The maximum Gasteiger partial charge on any atom is 0.338 e. The van der Waals surface area contributed by atoms with Gasteiger partial charge in [0.05, 0.1) is 10.5 Å². The highest BCUT2D eigenvalue weighted by Crippen LogP contribution is 2.25. The SMILES string of the molecule is Cc1cccc(NS(=O)(=O)c2ccc(C)c(C(=O)OCc3cc(=O)oc4c(C)c(C)ccc34)c2)c1. The Bertz CT molecular complexity index is 1620. The molecule has 0 fully saturated rings. The van der Waals surface area contributed by atoms with Crippen molar-refractivity contribution in [3.63, 3.8) is 0 Å². The van der Waals surface area contributed by atoms with E-state index in [1.165, 1.54) is 18.2 Å². The molecule has 1 heterocycles. The van der Waals surface area contributed by atoms with Gasteiger partial charge in [-0.3, -0.25) is 4.72 Å². The number of fused-ring (bicyclic) bond motifs is 1. The molecule has 0 spiro atoms. The molecule has 0 amide bonds. The highest BCUT2D eigenvalue weighted by molar-refractivity contribution is 7.92. The van der Waals surface area contributed by atoms with Crippen LogP contribution in [0.1, 0.15) is 38.2 Å². The van der Waals surface area contributed by atoms with Crippen LogP contribution in [0.4, 0.5) is 5.69 Å². The van der Waals surface area contributed by atoms with Crippen LogP contribution in [0.3, 0.4) is 0 Å². The van der Waals surface area contributed by atoms with Crippen molar-refractivity contribution in [3.05, 3.63) is 104 Å². The van der Waals surface area contributed by atoms with Crippen molar-refractivity contribution in [2.75, 3.05) is 4.72 Å². The molecule has 180 valence electrons. The molecule has 0 bridgehead atoms. The molecule has 0 saturated heterocycles. The lowest BCUT2D eigenvalue weighted by Crippen LogP contribution is -2.15. The number of benzene rings is 3. The number of nitrogens with one attached hydrogen (secondary N) is 1. The van der Waals surface area contributed by atoms with E-state index in [2.05, 4.69) is 4.72 Å². The third-order valence-electron chi connectivity index (χ3n) is 5.89. The van der Waals surface area contributed by atoms with Gasteiger partial charge in [0.2, 0.25) is 0 Å². The van der Waals surface area contributed by atoms with Gasteiger partial charge >= 0.3 is 11.6 Å². The Hall–Kier alpha value is -3.91.